The number of nitrogens with two attached hydrogens (primary N) is 1. The molecule has 0 spiro atoms. The fraction of sp³-hybridized carbons (Fsp3) is 0.550. The number of benzene rings is 1. The number of rotatable bonds is 2. The minimum absolute atomic E-state index is 0.135. The van der Waals surface area contributed by atoms with Crippen molar-refractivity contribution >= 4 is 22.7 Å². The van der Waals surface area contributed by atoms with Crippen LogP contribution in [-0.4, -0.2) is 33.7 Å². The Labute approximate surface area is 149 Å². The zero-order chi connectivity index (χ0) is 18.4. The molecule has 1 amide bonds. The van der Waals surface area contributed by atoms with Gasteiger partial charge in [-0.1, -0.05) is 27.2 Å². The molecule has 1 aromatic carbocycles. The van der Waals surface area contributed by atoms with E-state index in [0.29, 0.717) is 5.92 Å². The second kappa shape index (κ2) is 5.97. The van der Waals surface area contributed by atoms with Gasteiger partial charge in [0.05, 0.1) is 5.54 Å². The maximum absolute atomic E-state index is 11.8. The Morgan fingerprint density at radius 2 is 2.12 bits per heavy atom. The van der Waals surface area contributed by atoms with Crippen LogP contribution < -0.4 is 5.73 Å². The Morgan fingerprint density at radius 3 is 2.76 bits per heavy atom. The Bertz CT molecular complexity index is 790. The smallest absolute Gasteiger partial charge is 0.407 e. The number of anilines is 1. The van der Waals surface area contributed by atoms with Gasteiger partial charge in [-0.05, 0) is 54.4 Å². The van der Waals surface area contributed by atoms with Crippen LogP contribution in [-0.2, 0) is 0 Å². The normalized spacial score (nSPS) is 24.4. The van der Waals surface area contributed by atoms with Crippen molar-refractivity contribution < 1.29 is 9.90 Å². The van der Waals surface area contributed by atoms with E-state index >= 15 is 0 Å². The molecule has 0 bridgehead atoms. The third-order valence-corrected chi connectivity index (χ3v) is 6.23. The highest BCUT2D eigenvalue weighted by Gasteiger charge is 2.50. The van der Waals surface area contributed by atoms with Crippen molar-refractivity contribution in [3.05, 3.63) is 30.0 Å². The van der Waals surface area contributed by atoms with Gasteiger partial charge in [0.1, 0.15) is 0 Å². The highest BCUT2D eigenvalue weighted by molar-refractivity contribution is 5.86. The van der Waals surface area contributed by atoms with E-state index in [-0.39, 0.29) is 11.0 Å². The summed E-state index contributed by atoms with van der Waals surface area (Å²) in [4.78, 5) is 16.7. The van der Waals surface area contributed by atoms with Gasteiger partial charge in [0.2, 0.25) is 0 Å². The highest BCUT2D eigenvalue weighted by atomic mass is 16.4. The topological polar surface area (TPSA) is 82.4 Å². The SMILES string of the molecule is CN(C(=O)O)C1(C(C)(C)C)CCCC(c2c[nH]c3ccc(N)cc23)C1. The summed E-state index contributed by atoms with van der Waals surface area (Å²) in [5.41, 5.74) is 8.59. The van der Waals surface area contributed by atoms with Gasteiger partial charge >= 0.3 is 6.09 Å². The van der Waals surface area contributed by atoms with Crippen LogP contribution >= 0.6 is 0 Å². The number of nitrogens with zero attached hydrogens (tertiary/aromatic N) is 1. The number of carbonyl (C=O) groups is 1. The molecular weight excluding hydrogens is 314 g/mol. The average Bonchev–Trinajstić information content (AvgIpc) is 2.96. The molecule has 2 aromatic rings. The molecule has 0 radical (unpaired) electrons. The molecule has 5 nitrogen and oxygen atoms in total. The first-order valence-corrected chi connectivity index (χ1v) is 8.99. The zero-order valence-corrected chi connectivity index (χ0v) is 15.6. The van der Waals surface area contributed by atoms with Crippen molar-refractivity contribution in [1.29, 1.82) is 0 Å². The fourth-order valence-corrected chi connectivity index (χ4v) is 4.69. The van der Waals surface area contributed by atoms with E-state index in [1.165, 1.54) is 5.56 Å². The van der Waals surface area contributed by atoms with E-state index in [0.717, 1.165) is 42.3 Å². The maximum atomic E-state index is 11.8. The molecule has 0 aliphatic heterocycles. The minimum atomic E-state index is -0.848. The summed E-state index contributed by atoms with van der Waals surface area (Å²) < 4.78 is 0. The predicted octanol–water partition coefficient (Wildman–Crippen LogP) is 4.80. The van der Waals surface area contributed by atoms with E-state index in [1.54, 1.807) is 11.9 Å². The Kier molecular flexibility index (Phi) is 4.21. The second-order valence-corrected chi connectivity index (χ2v) is 8.47. The number of aromatic amines is 1. The van der Waals surface area contributed by atoms with Crippen LogP contribution in [0.15, 0.2) is 24.4 Å². The summed E-state index contributed by atoms with van der Waals surface area (Å²) in [5, 5.41) is 10.9. The summed E-state index contributed by atoms with van der Waals surface area (Å²) in [5.74, 6) is 0.324. The summed E-state index contributed by atoms with van der Waals surface area (Å²) in [6, 6.07) is 5.94. The number of amides is 1. The molecule has 4 N–H and O–H groups in total. The number of hydrogen-bond acceptors (Lipinski definition) is 2. The monoisotopic (exact) mass is 343 g/mol. The Hall–Kier alpha value is -2.17. The van der Waals surface area contributed by atoms with Crippen LogP contribution in [0.5, 0.6) is 0 Å². The molecule has 136 valence electrons. The molecule has 1 fully saturated rings. The van der Waals surface area contributed by atoms with Crippen LogP contribution in [0.25, 0.3) is 10.9 Å². The van der Waals surface area contributed by atoms with Gasteiger partial charge in [0.15, 0.2) is 0 Å². The van der Waals surface area contributed by atoms with Crippen molar-refractivity contribution in [2.24, 2.45) is 5.41 Å². The molecule has 2 unspecified atom stereocenters. The maximum Gasteiger partial charge on any atom is 0.407 e. The number of aromatic nitrogens is 1. The minimum Gasteiger partial charge on any atom is -0.465 e. The molecule has 2 atom stereocenters. The Morgan fingerprint density at radius 1 is 1.40 bits per heavy atom. The predicted molar refractivity (Wildman–Crippen MR) is 102 cm³/mol. The van der Waals surface area contributed by atoms with Crippen molar-refractivity contribution in [3.8, 4) is 0 Å². The van der Waals surface area contributed by atoms with Crippen LogP contribution in [0.3, 0.4) is 0 Å². The van der Waals surface area contributed by atoms with Gasteiger partial charge in [-0.25, -0.2) is 4.79 Å². The molecule has 1 saturated carbocycles. The first kappa shape index (κ1) is 17.6. The summed E-state index contributed by atoms with van der Waals surface area (Å²) >= 11 is 0. The van der Waals surface area contributed by atoms with Gasteiger partial charge < -0.3 is 20.7 Å². The highest BCUT2D eigenvalue weighted by Crippen LogP contribution is 2.51. The molecule has 1 aromatic heterocycles. The summed E-state index contributed by atoms with van der Waals surface area (Å²) in [7, 11) is 1.73. The number of nitrogens with one attached hydrogen (secondary N) is 1. The second-order valence-electron chi connectivity index (χ2n) is 8.47. The molecule has 1 aliphatic rings. The summed E-state index contributed by atoms with van der Waals surface area (Å²) in [6.45, 7) is 6.46. The third kappa shape index (κ3) is 2.86. The lowest BCUT2D eigenvalue weighted by Gasteiger charge is -2.54. The Balaban J connectivity index is 2.03. The van der Waals surface area contributed by atoms with Crippen molar-refractivity contribution in [2.45, 2.75) is 57.9 Å². The van der Waals surface area contributed by atoms with Gasteiger partial charge in [0, 0.05) is 29.8 Å². The molecule has 1 aliphatic carbocycles. The lowest BCUT2D eigenvalue weighted by atomic mass is 9.61. The van der Waals surface area contributed by atoms with Gasteiger partial charge in [-0.15, -0.1) is 0 Å². The van der Waals surface area contributed by atoms with Gasteiger partial charge in [-0.2, -0.15) is 0 Å². The molecule has 3 rings (SSSR count). The van der Waals surface area contributed by atoms with Crippen LogP contribution in [0.2, 0.25) is 0 Å². The molecule has 1 heterocycles. The average molecular weight is 343 g/mol. The fourth-order valence-electron chi connectivity index (χ4n) is 4.69. The zero-order valence-electron chi connectivity index (χ0n) is 15.6. The summed E-state index contributed by atoms with van der Waals surface area (Å²) in [6.07, 6.45) is 5.07. The largest absolute Gasteiger partial charge is 0.465 e. The van der Waals surface area contributed by atoms with Crippen LogP contribution in [0.1, 0.15) is 57.9 Å². The first-order chi connectivity index (χ1) is 11.7. The molecule has 25 heavy (non-hydrogen) atoms. The van der Waals surface area contributed by atoms with Crippen molar-refractivity contribution in [3.63, 3.8) is 0 Å². The van der Waals surface area contributed by atoms with E-state index in [1.807, 2.05) is 18.2 Å². The number of hydrogen-bond donors (Lipinski definition) is 3. The third-order valence-electron chi connectivity index (χ3n) is 6.23. The first-order valence-electron chi connectivity index (χ1n) is 8.99. The number of fused-ring (bicyclic) bond motifs is 1. The van der Waals surface area contributed by atoms with Gasteiger partial charge in [-0.3, -0.25) is 0 Å². The standard InChI is InChI=1S/C20H29N3O2/c1-19(2,3)20(23(4)18(24)25)9-5-6-13(11-20)16-12-22-17-8-7-14(21)10-15(16)17/h7-8,10,12-13,22H,5-6,9,11,21H2,1-4H3,(H,24,25). The quantitative estimate of drug-likeness (QED) is 0.685. The number of nitrogen functional groups attached to an aromatic ring is 1. The van der Waals surface area contributed by atoms with Gasteiger partial charge in [0.25, 0.3) is 0 Å². The van der Waals surface area contributed by atoms with Crippen LogP contribution in [0.4, 0.5) is 10.5 Å². The number of carboxylic acid groups (broad SMARTS) is 1. The van der Waals surface area contributed by atoms with E-state index in [2.05, 4.69) is 32.0 Å². The van der Waals surface area contributed by atoms with E-state index in [9.17, 15) is 9.90 Å². The van der Waals surface area contributed by atoms with Crippen molar-refractivity contribution in [1.82, 2.24) is 9.88 Å². The van der Waals surface area contributed by atoms with Crippen molar-refractivity contribution in [2.75, 3.05) is 12.8 Å². The number of H-pyrrole nitrogens is 1. The lowest BCUT2D eigenvalue weighted by Crippen LogP contribution is -2.59. The molecule has 5 heteroatoms. The van der Waals surface area contributed by atoms with E-state index in [4.69, 9.17) is 5.73 Å². The van der Waals surface area contributed by atoms with Crippen LogP contribution in [0, 0.1) is 5.41 Å². The molecular formula is C20H29N3O2. The molecule has 0 saturated heterocycles. The lowest BCUT2D eigenvalue weighted by molar-refractivity contribution is -0.0159. The van der Waals surface area contributed by atoms with E-state index < -0.39 is 6.09 Å².